The number of anilines is 2. The molecular weight excluding hydrogens is 358 g/mol. The monoisotopic (exact) mass is 373 g/mol. The minimum atomic E-state index is 0.310. The Kier molecular flexibility index (Phi) is 4.33. The van der Waals surface area contributed by atoms with Crippen LogP contribution in [0.4, 0.5) is 11.6 Å². The van der Waals surface area contributed by atoms with Crippen molar-refractivity contribution in [3.8, 4) is 11.4 Å². The highest BCUT2D eigenvalue weighted by Gasteiger charge is 2.14. The molecule has 3 rings (SSSR count). The number of hydrogen-bond acceptors (Lipinski definition) is 6. The molecule has 0 unspecified atom stereocenters. The molecule has 0 aromatic carbocycles. The number of nitrogens with zero attached hydrogens (tertiary/aromatic N) is 6. The molecule has 0 saturated heterocycles. The molecule has 0 bridgehead atoms. The lowest BCUT2D eigenvalue weighted by Crippen LogP contribution is -2.04. The topological polar surface area (TPSA) is 81.4 Å². The minimum Gasteiger partial charge on any atom is -0.323 e. The lowest BCUT2D eigenvalue weighted by atomic mass is 10.1. The molecule has 0 spiro atoms. The number of rotatable bonds is 4. The second-order valence-corrected chi connectivity index (χ2v) is 6.28. The molecule has 0 amide bonds. The van der Waals surface area contributed by atoms with Gasteiger partial charge in [0.2, 0.25) is 0 Å². The zero-order valence-corrected chi connectivity index (χ0v) is 14.6. The Bertz CT molecular complexity index is 811. The Morgan fingerprint density at radius 2 is 1.83 bits per heavy atom. The van der Waals surface area contributed by atoms with Crippen molar-refractivity contribution in [2.45, 2.75) is 19.8 Å². The third-order valence-corrected chi connectivity index (χ3v) is 3.70. The average molecular weight is 374 g/mol. The van der Waals surface area contributed by atoms with Crippen LogP contribution >= 0.6 is 15.9 Å². The van der Waals surface area contributed by atoms with E-state index in [9.17, 15) is 0 Å². The van der Waals surface area contributed by atoms with E-state index in [1.54, 1.807) is 35.7 Å². The molecule has 3 aromatic rings. The summed E-state index contributed by atoms with van der Waals surface area (Å²) in [5, 5.41) is 7.55. The molecule has 8 heteroatoms. The smallest absolute Gasteiger partial charge is 0.164 e. The molecule has 0 aliphatic heterocycles. The van der Waals surface area contributed by atoms with Gasteiger partial charge in [0.25, 0.3) is 0 Å². The summed E-state index contributed by atoms with van der Waals surface area (Å²) in [6.45, 7) is 4.16. The zero-order chi connectivity index (χ0) is 16.4. The predicted octanol–water partition coefficient (Wildman–Crippen LogP) is 3.30. The van der Waals surface area contributed by atoms with E-state index < -0.39 is 0 Å². The molecule has 3 aromatic heterocycles. The van der Waals surface area contributed by atoms with Gasteiger partial charge in [-0.3, -0.25) is 9.67 Å². The van der Waals surface area contributed by atoms with Crippen LogP contribution in [0, 0.1) is 0 Å². The van der Waals surface area contributed by atoms with Gasteiger partial charge in [-0.2, -0.15) is 5.10 Å². The van der Waals surface area contributed by atoms with Crippen molar-refractivity contribution >= 4 is 27.6 Å². The molecule has 0 aliphatic carbocycles. The molecule has 0 radical (unpaired) electrons. The SMILES string of the molecule is CC(C)c1cncc(Nc2c(-c3ncc(Br)cn3)cnn2C)n1. The van der Waals surface area contributed by atoms with Crippen molar-refractivity contribution in [3.05, 3.63) is 41.2 Å². The van der Waals surface area contributed by atoms with Gasteiger partial charge in [0.05, 0.1) is 28.1 Å². The van der Waals surface area contributed by atoms with Crippen LogP contribution < -0.4 is 5.32 Å². The number of halogens is 1. The fraction of sp³-hybridized carbons (Fsp3) is 0.267. The van der Waals surface area contributed by atoms with Crippen LogP contribution in [0.2, 0.25) is 0 Å². The quantitative estimate of drug-likeness (QED) is 0.755. The lowest BCUT2D eigenvalue weighted by Gasteiger charge is -2.10. The Morgan fingerprint density at radius 3 is 2.52 bits per heavy atom. The van der Waals surface area contributed by atoms with Crippen LogP contribution in [0.3, 0.4) is 0 Å². The molecular formula is C15H16BrN7. The first-order valence-electron chi connectivity index (χ1n) is 7.13. The second kappa shape index (κ2) is 6.41. The molecule has 0 saturated carbocycles. The summed E-state index contributed by atoms with van der Waals surface area (Å²) in [4.78, 5) is 17.5. The van der Waals surface area contributed by atoms with Gasteiger partial charge >= 0.3 is 0 Å². The molecule has 0 atom stereocenters. The zero-order valence-electron chi connectivity index (χ0n) is 13.0. The molecule has 0 aliphatic rings. The first kappa shape index (κ1) is 15.5. The van der Waals surface area contributed by atoms with E-state index in [0.717, 1.165) is 21.5 Å². The van der Waals surface area contributed by atoms with E-state index in [2.05, 4.69) is 60.1 Å². The van der Waals surface area contributed by atoms with Gasteiger partial charge in [0.15, 0.2) is 5.82 Å². The van der Waals surface area contributed by atoms with Crippen molar-refractivity contribution in [1.82, 2.24) is 29.7 Å². The summed E-state index contributed by atoms with van der Waals surface area (Å²) in [5.41, 5.74) is 1.73. The first-order valence-corrected chi connectivity index (χ1v) is 7.92. The van der Waals surface area contributed by atoms with Gasteiger partial charge < -0.3 is 5.32 Å². The maximum absolute atomic E-state index is 4.57. The normalized spacial score (nSPS) is 11.0. The molecule has 1 N–H and O–H groups in total. The van der Waals surface area contributed by atoms with Crippen molar-refractivity contribution in [2.75, 3.05) is 5.32 Å². The predicted molar refractivity (Wildman–Crippen MR) is 91.3 cm³/mol. The molecule has 3 heterocycles. The highest BCUT2D eigenvalue weighted by atomic mass is 79.9. The maximum atomic E-state index is 4.57. The van der Waals surface area contributed by atoms with Crippen LogP contribution in [0.25, 0.3) is 11.4 Å². The molecule has 7 nitrogen and oxygen atoms in total. The van der Waals surface area contributed by atoms with E-state index in [4.69, 9.17) is 0 Å². The molecule has 118 valence electrons. The number of nitrogens with one attached hydrogen (secondary N) is 1. The largest absolute Gasteiger partial charge is 0.323 e. The lowest BCUT2D eigenvalue weighted by molar-refractivity contribution is 0.774. The van der Waals surface area contributed by atoms with E-state index >= 15 is 0 Å². The van der Waals surface area contributed by atoms with E-state index in [-0.39, 0.29) is 0 Å². The Hall–Kier alpha value is -2.35. The van der Waals surface area contributed by atoms with E-state index in [1.165, 1.54) is 0 Å². The summed E-state index contributed by atoms with van der Waals surface area (Å²) < 4.78 is 2.56. The average Bonchev–Trinajstić information content (AvgIpc) is 2.89. The first-order chi connectivity index (χ1) is 11.0. The van der Waals surface area contributed by atoms with E-state index in [0.29, 0.717) is 17.6 Å². The Balaban J connectivity index is 1.96. The minimum absolute atomic E-state index is 0.310. The van der Waals surface area contributed by atoms with Crippen LogP contribution in [-0.4, -0.2) is 29.7 Å². The highest BCUT2D eigenvalue weighted by molar-refractivity contribution is 9.10. The van der Waals surface area contributed by atoms with E-state index in [1.807, 2.05) is 7.05 Å². The Morgan fingerprint density at radius 1 is 1.09 bits per heavy atom. The highest BCUT2D eigenvalue weighted by Crippen LogP contribution is 2.27. The fourth-order valence-corrected chi connectivity index (χ4v) is 2.25. The number of aromatic nitrogens is 6. The Labute approximate surface area is 142 Å². The maximum Gasteiger partial charge on any atom is 0.164 e. The number of aryl methyl sites for hydroxylation is 1. The molecule has 23 heavy (non-hydrogen) atoms. The van der Waals surface area contributed by atoms with Gasteiger partial charge in [0, 0.05) is 25.6 Å². The van der Waals surface area contributed by atoms with Crippen molar-refractivity contribution in [2.24, 2.45) is 7.05 Å². The van der Waals surface area contributed by atoms with Crippen molar-refractivity contribution < 1.29 is 0 Å². The summed E-state index contributed by atoms with van der Waals surface area (Å²) in [7, 11) is 1.85. The van der Waals surface area contributed by atoms with Crippen molar-refractivity contribution in [1.29, 1.82) is 0 Å². The number of hydrogen-bond donors (Lipinski definition) is 1. The van der Waals surface area contributed by atoms with Crippen LogP contribution in [0.15, 0.2) is 35.5 Å². The van der Waals surface area contributed by atoms with Crippen LogP contribution in [0.1, 0.15) is 25.5 Å². The van der Waals surface area contributed by atoms with Crippen LogP contribution in [-0.2, 0) is 7.05 Å². The van der Waals surface area contributed by atoms with Crippen LogP contribution in [0.5, 0.6) is 0 Å². The van der Waals surface area contributed by atoms with Gasteiger partial charge in [0.1, 0.15) is 11.6 Å². The third kappa shape index (κ3) is 3.37. The standard InChI is InChI=1S/C15H16BrN7/c1-9(2)12-7-17-8-13(21-12)22-15-11(6-20-23(15)3)14-18-4-10(16)5-19-14/h4-9H,1-3H3,(H,21,22). The fourth-order valence-electron chi connectivity index (χ4n) is 2.04. The van der Waals surface area contributed by atoms with Gasteiger partial charge in [-0.1, -0.05) is 13.8 Å². The van der Waals surface area contributed by atoms with Crippen molar-refractivity contribution in [3.63, 3.8) is 0 Å². The molecule has 0 fully saturated rings. The third-order valence-electron chi connectivity index (χ3n) is 3.29. The summed E-state index contributed by atoms with van der Waals surface area (Å²) in [5.74, 6) is 2.34. The summed E-state index contributed by atoms with van der Waals surface area (Å²) in [6, 6.07) is 0. The second-order valence-electron chi connectivity index (χ2n) is 5.36. The summed E-state index contributed by atoms with van der Waals surface area (Å²) in [6.07, 6.45) is 8.60. The van der Waals surface area contributed by atoms with Gasteiger partial charge in [-0.15, -0.1) is 0 Å². The van der Waals surface area contributed by atoms with Gasteiger partial charge in [-0.25, -0.2) is 15.0 Å². The van der Waals surface area contributed by atoms with Gasteiger partial charge in [-0.05, 0) is 21.8 Å². The summed E-state index contributed by atoms with van der Waals surface area (Å²) >= 11 is 3.34.